The average Bonchev–Trinajstić information content (AvgIpc) is 3.87. The fourth-order valence-corrected chi connectivity index (χ4v) is 7.28. The Morgan fingerprint density at radius 3 is 1.29 bits per heavy atom. The second-order valence-electron chi connectivity index (χ2n) is 18.7. The number of carboxylic acids is 5. The van der Waals surface area contributed by atoms with Crippen molar-refractivity contribution in [3.63, 3.8) is 0 Å². The lowest BCUT2D eigenvalue weighted by Gasteiger charge is -2.32. The first-order valence-electron chi connectivity index (χ1n) is 24.6. The molecule has 1 aliphatic heterocycles. The maximum absolute atomic E-state index is 14.2. The van der Waals surface area contributed by atoms with Gasteiger partial charge in [0.15, 0.2) is 0 Å². The van der Waals surface area contributed by atoms with E-state index in [9.17, 15) is 108 Å². The van der Waals surface area contributed by atoms with Crippen molar-refractivity contribution < 1.29 is 113 Å². The minimum Gasteiger partial charge on any atom is -0.481 e. The smallest absolute Gasteiger partial charge is 0.326 e. The van der Waals surface area contributed by atoms with E-state index in [1.807, 2.05) is 10.6 Å². The van der Waals surface area contributed by atoms with Gasteiger partial charge in [0.1, 0.15) is 54.4 Å². The van der Waals surface area contributed by atoms with Gasteiger partial charge < -0.3 is 99.3 Å². The summed E-state index contributed by atoms with van der Waals surface area (Å²) in [6, 6.07) is -16.7. The summed E-state index contributed by atoms with van der Waals surface area (Å²) in [4.78, 5) is 191. The molecular formula is C45H71N11O23. The molecule has 444 valence electrons. The second-order valence-corrected chi connectivity index (χ2v) is 18.7. The topological polar surface area (TPSA) is 555 Å². The molecule has 0 spiro atoms. The van der Waals surface area contributed by atoms with Crippen molar-refractivity contribution in [2.75, 3.05) is 32.9 Å². The van der Waals surface area contributed by atoms with Crippen molar-refractivity contribution in [2.24, 2.45) is 17.6 Å². The van der Waals surface area contributed by atoms with Crippen LogP contribution in [0.4, 0.5) is 0 Å². The minimum absolute atomic E-state index is 0.0525. The zero-order chi connectivity index (χ0) is 60.4. The normalized spacial score (nSPS) is 16.4. The Kier molecular flexibility index (Phi) is 29.6. The lowest BCUT2D eigenvalue weighted by molar-refractivity contribution is -0.147. The molecule has 1 heterocycles. The Morgan fingerprint density at radius 1 is 0.481 bits per heavy atom. The number of amides is 10. The third-order valence-electron chi connectivity index (χ3n) is 11.8. The summed E-state index contributed by atoms with van der Waals surface area (Å²) in [5, 5.41) is 95.1. The van der Waals surface area contributed by atoms with E-state index in [0.717, 1.165) is 4.90 Å². The van der Waals surface area contributed by atoms with Crippen molar-refractivity contribution in [2.45, 2.75) is 146 Å². The number of hydrogen-bond donors (Lipinski definition) is 18. The van der Waals surface area contributed by atoms with Crippen molar-refractivity contribution in [1.82, 2.24) is 52.8 Å². The molecule has 34 nitrogen and oxygen atoms in total. The van der Waals surface area contributed by atoms with Gasteiger partial charge in [-0.2, -0.15) is 0 Å². The SMILES string of the molecule is CC(C)[C@H](N)C(=O)N[C@@H](CO)C(=O)N[C@@H](CCC(=O)O)C(=O)NCC(=O)N[C@@H](CO)C(=O)N[C@@H](CCC(=O)O)C(=O)N[C@H](C(=O)N1CCC[C@H]1C(=O)N[C@@H](CCC(=O)O)C(=O)N[C@@H](CO)C(=O)N[C@@H](CC(=O)O)C(=O)O)C(C)C. The van der Waals surface area contributed by atoms with Crippen LogP contribution in [0.5, 0.6) is 0 Å². The number of aliphatic hydroxyl groups excluding tert-OH is 3. The number of likely N-dealkylation sites (tertiary alicyclic amines) is 1. The van der Waals surface area contributed by atoms with Gasteiger partial charge in [-0.15, -0.1) is 0 Å². The number of nitrogens with two attached hydrogens (primary N) is 1. The Morgan fingerprint density at radius 2 is 0.873 bits per heavy atom. The van der Waals surface area contributed by atoms with Crippen LogP contribution in [0.1, 0.15) is 85.5 Å². The van der Waals surface area contributed by atoms with Gasteiger partial charge in [-0.1, -0.05) is 27.7 Å². The standard InChI is InChI=1S/C45H71N11O23/c1-19(2)34(46)43(76)54-27(18-59)40(73)49-21(7-10-30(61)62)36(69)47-15-29(60)48-25(16-57)39(72)50-23(9-12-32(65)66)38(71)55-35(20(3)4)44(77)56-13-5-6-28(56)42(75)51-22(8-11-31(63)64)37(70)53-26(17-58)41(74)52-24(45(78)79)14-33(67)68/h19-28,34-35,57-59H,5-18,46H2,1-4H3,(H,47,69)(H,48,60)(H,49,73)(H,50,72)(H,51,75)(H,52,74)(H,53,70)(H,54,76)(H,55,71)(H,61,62)(H,63,64)(H,65,66)(H,67,68)(H,78,79)/t21-,22-,23-,24-,25-,26-,27-,28-,34-,35-/m0/s1. The number of nitrogens with one attached hydrogen (secondary N) is 9. The first-order valence-corrected chi connectivity index (χ1v) is 24.6. The van der Waals surface area contributed by atoms with Gasteiger partial charge in [0.05, 0.1) is 38.8 Å². The third kappa shape index (κ3) is 24.0. The zero-order valence-electron chi connectivity index (χ0n) is 43.6. The van der Waals surface area contributed by atoms with E-state index in [0.29, 0.717) is 0 Å². The lowest BCUT2D eigenvalue weighted by Crippen LogP contribution is -2.61. The molecule has 1 fully saturated rings. The van der Waals surface area contributed by atoms with Gasteiger partial charge in [0, 0.05) is 25.8 Å². The molecule has 0 aromatic carbocycles. The fraction of sp³-hybridized carbons (Fsp3) is 0.667. The Labute approximate surface area is 450 Å². The Balaban J connectivity index is 3.24. The van der Waals surface area contributed by atoms with Crippen molar-refractivity contribution in [1.29, 1.82) is 0 Å². The predicted octanol–water partition coefficient (Wildman–Crippen LogP) is -8.26. The quantitative estimate of drug-likeness (QED) is 0.0277. The molecule has 0 unspecified atom stereocenters. The average molecular weight is 1130 g/mol. The van der Waals surface area contributed by atoms with Gasteiger partial charge in [-0.3, -0.25) is 67.1 Å². The largest absolute Gasteiger partial charge is 0.481 e. The molecule has 79 heavy (non-hydrogen) atoms. The van der Waals surface area contributed by atoms with Crippen LogP contribution in [0.3, 0.4) is 0 Å². The second kappa shape index (κ2) is 33.9. The predicted molar refractivity (Wildman–Crippen MR) is 263 cm³/mol. The van der Waals surface area contributed by atoms with Crippen LogP contribution < -0.4 is 53.6 Å². The molecule has 10 amide bonds. The van der Waals surface area contributed by atoms with Gasteiger partial charge >= 0.3 is 29.8 Å². The van der Waals surface area contributed by atoms with E-state index >= 15 is 0 Å². The Bertz CT molecular complexity index is 2250. The number of rotatable bonds is 36. The molecule has 0 bridgehead atoms. The molecule has 0 saturated carbocycles. The van der Waals surface area contributed by atoms with Crippen LogP contribution in [-0.2, 0) is 71.9 Å². The summed E-state index contributed by atoms with van der Waals surface area (Å²) in [5.41, 5.74) is 5.77. The molecule has 0 aliphatic carbocycles. The van der Waals surface area contributed by atoms with E-state index in [1.165, 1.54) is 13.8 Å². The van der Waals surface area contributed by atoms with Gasteiger partial charge in [-0.05, 0) is 43.9 Å². The lowest BCUT2D eigenvalue weighted by atomic mass is 10.0. The van der Waals surface area contributed by atoms with Crippen molar-refractivity contribution >= 4 is 88.9 Å². The zero-order valence-corrected chi connectivity index (χ0v) is 43.6. The number of nitrogens with zero attached hydrogens (tertiary/aromatic N) is 1. The molecule has 1 aliphatic rings. The molecule has 1 saturated heterocycles. The molecule has 0 aromatic heterocycles. The summed E-state index contributed by atoms with van der Waals surface area (Å²) < 4.78 is 0. The van der Waals surface area contributed by atoms with E-state index < -0.39 is 227 Å². The van der Waals surface area contributed by atoms with Crippen LogP contribution in [0.2, 0.25) is 0 Å². The molecule has 34 heteroatoms. The number of carbonyl (C=O) groups is 15. The van der Waals surface area contributed by atoms with Crippen LogP contribution >= 0.6 is 0 Å². The highest BCUT2D eigenvalue weighted by molar-refractivity contribution is 5.99. The van der Waals surface area contributed by atoms with Gasteiger partial charge in [0.2, 0.25) is 59.1 Å². The molecule has 0 aromatic rings. The summed E-state index contributed by atoms with van der Waals surface area (Å²) in [7, 11) is 0. The van der Waals surface area contributed by atoms with E-state index in [1.54, 1.807) is 13.8 Å². The third-order valence-corrected chi connectivity index (χ3v) is 11.8. The summed E-state index contributed by atoms with van der Waals surface area (Å²) in [6.07, 6.45) is -5.00. The van der Waals surface area contributed by atoms with Crippen LogP contribution in [0.25, 0.3) is 0 Å². The number of aliphatic hydroxyl groups is 3. The van der Waals surface area contributed by atoms with E-state index in [4.69, 9.17) is 10.8 Å². The first kappa shape index (κ1) is 68.9. The van der Waals surface area contributed by atoms with E-state index in [-0.39, 0.29) is 25.3 Å². The maximum atomic E-state index is 14.2. The highest BCUT2D eigenvalue weighted by atomic mass is 16.4. The van der Waals surface area contributed by atoms with Crippen molar-refractivity contribution in [3.05, 3.63) is 0 Å². The fourth-order valence-electron chi connectivity index (χ4n) is 7.28. The summed E-state index contributed by atoms with van der Waals surface area (Å²) >= 11 is 0. The van der Waals surface area contributed by atoms with Crippen LogP contribution in [0, 0.1) is 11.8 Å². The van der Waals surface area contributed by atoms with Gasteiger partial charge in [-0.25, -0.2) is 4.79 Å². The van der Waals surface area contributed by atoms with E-state index in [2.05, 4.69) is 37.2 Å². The number of carbonyl (C=O) groups excluding carboxylic acids is 10. The highest BCUT2D eigenvalue weighted by Crippen LogP contribution is 2.21. The molecule has 1 rings (SSSR count). The maximum Gasteiger partial charge on any atom is 0.326 e. The summed E-state index contributed by atoms with van der Waals surface area (Å²) in [5.74, 6) is -20.1. The number of hydrogen-bond acceptors (Lipinski definition) is 19. The molecule has 0 radical (unpaired) electrons. The highest BCUT2D eigenvalue weighted by Gasteiger charge is 2.41. The van der Waals surface area contributed by atoms with Crippen molar-refractivity contribution in [3.8, 4) is 0 Å². The monoisotopic (exact) mass is 1130 g/mol. The first-order chi connectivity index (χ1) is 36.9. The Hall–Kier alpha value is -8.11. The summed E-state index contributed by atoms with van der Waals surface area (Å²) in [6.45, 7) is 1.75. The minimum atomic E-state index is -1.99. The molecule has 10 atom stereocenters. The number of aliphatic carboxylic acids is 5. The van der Waals surface area contributed by atoms with Crippen LogP contribution in [-0.4, -0.2) is 228 Å². The van der Waals surface area contributed by atoms with Crippen LogP contribution in [0.15, 0.2) is 0 Å². The molecule has 19 N–H and O–H groups in total. The van der Waals surface area contributed by atoms with Gasteiger partial charge in [0.25, 0.3) is 0 Å². The molecular weight excluding hydrogens is 1060 g/mol. The number of carboxylic acid groups (broad SMARTS) is 5.